The number of amidine groups is 1. The third-order valence-electron chi connectivity index (χ3n) is 8.72. The molecule has 6 aromatic rings. The molecule has 0 amide bonds. The molecular weight excluding hydrogens is 472 g/mol. The van der Waals surface area contributed by atoms with Gasteiger partial charge in [0.15, 0.2) is 0 Å². The molecule has 0 aromatic heterocycles. The smallest absolute Gasteiger partial charge is 0.229 e. The summed E-state index contributed by atoms with van der Waals surface area (Å²) in [6.07, 6.45) is 0.0402. The molecule has 1 aliphatic carbocycles. The number of hydrogen-bond acceptors (Lipinski definition) is 1. The molecular formula is C37H29N2+. The van der Waals surface area contributed by atoms with Crippen LogP contribution in [0.25, 0.3) is 32.7 Å². The fraction of sp³-hybridized carbons (Fsp3) is 0.108. The number of fused-ring (bicyclic) bond motifs is 5. The molecule has 186 valence electrons. The number of benzene rings is 6. The van der Waals surface area contributed by atoms with E-state index in [0.717, 1.165) is 5.84 Å². The molecule has 2 aliphatic rings. The lowest BCUT2D eigenvalue weighted by Gasteiger charge is -2.31. The Kier molecular flexibility index (Phi) is 4.66. The first-order valence-electron chi connectivity index (χ1n) is 13.7. The van der Waals surface area contributed by atoms with Crippen LogP contribution in [0, 0.1) is 0 Å². The van der Waals surface area contributed by atoms with Gasteiger partial charge in [0.05, 0.1) is 5.56 Å². The second-order valence-electron chi connectivity index (χ2n) is 11.3. The van der Waals surface area contributed by atoms with Crippen molar-refractivity contribution in [2.24, 2.45) is 0 Å². The number of nitrogens with zero attached hydrogens (tertiary/aromatic N) is 1. The maximum absolute atomic E-state index is 3.87. The molecule has 0 spiro atoms. The Balaban J connectivity index is 1.49. The highest BCUT2D eigenvalue weighted by molar-refractivity contribution is 6.07. The lowest BCUT2D eigenvalue weighted by molar-refractivity contribution is -0.529. The van der Waals surface area contributed by atoms with Crippen molar-refractivity contribution in [1.29, 1.82) is 0 Å². The Labute approximate surface area is 228 Å². The van der Waals surface area contributed by atoms with E-state index in [1.165, 1.54) is 60.6 Å². The molecule has 0 saturated carbocycles. The van der Waals surface area contributed by atoms with Gasteiger partial charge in [-0.3, -0.25) is 0 Å². The van der Waals surface area contributed by atoms with Gasteiger partial charge < -0.3 is 0 Å². The first-order chi connectivity index (χ1) is 19.1. The number of nitrogens with one attached hydrogen (secondary N) is 1. The number of rotatable bonds is 3. The zero-order chi connectivity index (χ0) is 26.1. The summed E-state index contributed by atoms with van der Waals surface area (Å²) in [7, 11) is 0. The van der Waals surface area contributed by atoms with Gasteiger partial charge in [-0.1, -0.05) is 123 Å². The van der Waals surface area contributed by atoms with E-state index in [2.05, 4.69) is 151 Å². The minimum absolute atomic E-state index is 0.0402. The maximum Gasteiger partial charge on any atom is 0.289 e. The normalized spacial score (nSPS) is 17.0. The van der Waals surface area contributed by atoms with E-state index in [9.17, 15) is 0 Å². The quantitative estimate of drug-likeness (QED) is 0.240. The van der Waals surface area contributed by atoms with Crippen molar-refractivity contribution < 1.29 is 4.58 Å². The zero-order valence-corrected chi connectivity index (χ0v) is 22.1. The molecule has 0 radical (unpaired) electrons. The second kappa shape index (κ2) is 8.15. The summed E-state index contributed by atoms with van der Waals surface area (Å²) >= 11 is 0. The van der Waals surface area contributed by atoms with Crippen molar-refractivity contribution >= 4 is 33.1 Å². The Bertz CT molecular complexity index is 1960. The molecule has 8 rings (SSSR count). The average molecular weight is 502 g/mol. The molecule has 39 heavy (non-hydrogen) atoms. The predicted octanol–water partition coefficient (Wildman–Crippen LogP) is 8.69. The molecule has 1 aliphatic heterocycles. The topological polar surface area (TPSA) is 15.0 Å². The van der Waals surface area contributed by atoms with Crippen LogP contribution in [0.1, 0.15) is 42.3 Å². The Morgan fingerprint density at radius 3 is 2.15 bits per heavy atom. The van der Waals surface area contributed by atoms with Crippen LogP contribution in [0.5, 0.6) is 0 Å². The molecule has 2 nitrogen and oxygen atoms in total. The molecule has 0 fully saturated rings. The van der Waals surface area contributed by atoms with Crippen molar-refractivity contribution in [2.45, 2.75) is 25.4 Å². The van der Waals surface area contributed by atoms with Crippen LogP contribution in [0.3, 0.4) is 0 Å². The highest BCUT2D eigenvalue weighted by atomic mass is 15.4. The van der Waals surface area contributed by atoms with Crippen molar-refractivity contribution in [3.63, 3.8) is 0 Å². The van der Waals surface area contributed by atoms with E-state index in [-0.39, 0.29) is 11.6 Å². The lowest BCUT2D eigenvalue weighted by Crippen LogP contribution is -2.51. The molecule has 1 N–H and O–H groups in total. The Hall–Kier alpha value is -4.69. The lowest BCUT2D eigenvalue weighted by atomic mass is 9.81. The second-order valence-corrected chi connectivity index (χ2v) is 11.3. The van der Waals surface area contributed by atoms with Gasteiger partial charge in [-0.05, 0) is 51.0 Å². The van der Waals surface area contributed by atoms with E-state index in [1.807, 2.05) is 0 Å². The van der Waals surface area contributed by atoms with Gasteiger partial charge in [0.2, 0.25) is 0 Å². The zero-order valence-electron chi connectivity index (χ0n) is 22.1. The summed E-state index contributed by atoms with van der Waals surface area (Å²) in [5.41, 5.74) is 9.17. The van der Waals surface area contributed by atoms with Gasteiger partial charge in [0.25, 0.3) is 12.0 Å². The van der Waals surface area contributed by atoms with Gasteiger partial charge in [-0.15, -0.1) is 0 Å². The molecule has 0 saturated heterocycles. The average Bonchev–Trinajstić information content (AvgIpc) is 3.19. The van der Waals surface area contributed by atoms with Crippen LogP contribution in [0.2, 0.25) is 0 Å². The molecule has 2 heteroatoms. The van der Waals surface area contributed by atoms with E-state index in [1.54, 1.807) is 0 Å². The van der Waals surface area contributed by atoms with E-state index in [4.69, 9.17) is 0 Å². The van der Waals surface area contributed by atoms with Gasteiger partial charge in [0.1, 0.15) is 5.69 Å². The molecule has 1 atom stereocenters. The van der Waals surface area contributed by atoms with E-state index in [0.29, 0.717) is 0 Å². The summed E-state index contributed by atoms with van der Waals surface area (Å²) in [5.74, 6) is 1.15. The summed E-state index contributed by atoms with van der Waals surface area (Å²) in [4.78, 5) is 0. The maximum atomic E-state index is 3.87. The molecule has 1 heterocycles. The van der Waals surface area contributed by atoms with Crippen molar-refractivity contribution in [1.82, 2.24) is 5.32 Å². The third kappa shape index (κ3) is 3.18. The summed E-state index contributed by atoms with van der Waals surface area (Å²) in [6.45, 7) is 4.74. The van der Waals surface area contributed by atoms with Crippen molar-refractivity contribution in [3.05, 3.63) is 150 Å². The Morgan fingerprint density at radius 2 is 1.31 bits per heavy atom. The highest BCUT2D eigenvalue weighted by Gasteiger charge is 2.46. The minimum atomic E-state index is -0.0750. The van der Waals surface area contributed by atoms with Crippen molar-refractivity contribution in [2.75, 3.05) is 0 Å². The molecule has 0 bridgehead atoms. The van der Waals surface area contributed by atoms with Crippen LogP contribution >= 0.6 is 0 Å². The third-order valence-corrected chi connectivity index (χ3v) is 8.72. The largest absolute Gasteiger partial charge is 0.289 e. The SMILES string of the molecule is CC1(C)c2ccccc2-c2c1cc1ccccc1c2[N+]1=C(c2ccc3ccccc3c2)NC1c1ccccc1. The summed E-state index contributed by atoms with van der Waals surface area (Å²) in [6, 6.07) is 46.5. The van der Waals surface area contributed by atoms with Crippen molar-refractivity contribution in [3.8, 4) is 11.1 Å². The summed E-state index contributed by atoms with van der Waals surface area (Å²) in [5, 5.41) is 8.94. The van der Waals surface area contributed by atoms with Gasteiger partial charge in [0, 0.05) is 21.9 Å². The minimum Gasteiger partial charge on any atom is -0.229 e. The monoisotopic (exact) mass is 501 g/mol. The molecule has 6 aromatic carbocycles. The van der Waals surface area contributed by atoms with Gasteiger partial charge >= 0.3 is 0 Å². The van der Waals surface area contributed by atoms with Gasteiger partial charge in [-0.25, -0.2) is 5.32 Å². The first kappa shape index (κ1) is 22.3. The van der Waals surface area contributed by atoms with Crippen LogP contribution in [-0.2, 0) is 5.41 Å². The van der Waals surface area contributed by atoms with Crippen LogP contribution in [0.15, 0.2) is 127 Å². The Morgan fingerprint density at radius 1 is 0.615 bits per heavy atom. The van der Waals surface area contributed by atoms with Crippen LogP contribution in [0.4, 0.5) is 5.69 Å². The fourth-order valence-electron chi connectivity index (χ4n) is 6.73. The van der Waals surface area contributed by atoms with E-state index < -0.39 is 0 Å². The highest BCUT2D eigenvalue weighted by Crippen LogP contribution is 2.55. The van der Waals surface area contributed by atoms with Crippen LogP contribution in [-0.4, -0.2) is 10.4 Å². The first-order valence-corrected chi connectivity index (χ1v) is 13.7. The molecule has 1 unspecified atom stereocenters. The van der Waals surface area contributed by atoms with Crippen LogP contribution < -0.4 is 5.32 Å². The standard InChI is InChI=1S/C37H28N2/c1-37(2)31-19-11-10-18-30(31)33-32(37)23-27-16-8-9-17-29(27)34(33)39-35(25-13-4-3-5-14-25)38-36(39)28-21-20-24-12-6-7-15-26(24)22-28/h3-23,35H,1-2H3/p+1. The van der Waals surface area contributed by atoms with E-state index >= 15 is 0 Å². The number of hydrogen-bond donors (Lipinski definition) is 1. The predicted molar refractivity (Wildman–Crippen MR) is 162 cm³/mol. The fourth-order valence-corrected chi connectivity index (χ4v) is 6.73. The summed E-state index contributed by atoms with van der Waals surface area (Å²) < 4.78 is 2.55. The van der Waals surface area contributed by atoms with Gasteiger partial charge in [-0.2, -0.15) is 4.58 Å².